The molecule has 1 aromatic heterocycles. The quantitative estimate of drug-likeness (QED) is 0.363. The highest BCUT2D eigenvalue weighted by Crippen LogP contribution is 2.35. The molecule has 0 saturated heterocycles. The molecule has 5 nitrogen and oxygen atoms in total. The van der Waals surface area contributed by atoms with E-state index in [1.807, 2.05) is 29.6 Å². The van der Waals surface area contributed by atoms with Crippen LogP contribution >= 0.6 is 11.3 Å². The number of alkyl halides is 3. The molecule has 4 rings (SSSR count). The molecule has 0 atom stereocenters. The average Bonchev–Trinajstić information content (AvgIpc) is 3.24. The van der Waals surface area contributed by atoms with Gasteiger partial charge in [0.05, 0.1) is 11.3 Å². The normalized spacial score (nSPS) is 14.2. The van der Waals surface area contributed by atoms with Crippen LogP contribution in [0, 0.1) is 0 Å². The SMILES string of the molecule is Nc1nc(CCNc2ccc(NC(=O)C3=C(c4ccc(C(F)(F)F)cc4)CCCC3)cc2)cs1. The highest BCUT2D eigenvalue weighted by Gasteiger charge is 2.30. The number of nitrogen functional groups attached to an aromatic ring is 1. The number of carbonyl (C=O) groups excluding carboxylic acids is 1. The van der Waals surface area contributed by atoms with Gasteiger partial charge in [0, 0.05) is 35.3 Å². The number of allylic oxidation sites excluding steroid dienone is 1. The third-order valence-corrected chi connectivity index (χ3v) is 6.45. The molecule has 2 aromatic carbocycles. The van der Waals surface area contributed by atoms with Crippen LogP contribution in [-0.4, -0.2) is 17.4 Å². The van der Waals surface area contributed by atoms with Gasteiger partial charge in [-0.05, 0) is 73.2 Å². The lowest BCUT2D eigenvalue weighted by Gasteiger charge is -2.21. The summed E-state index contributed by atoms with van der Waals surface area (Å²) >= 11 is 1.42. The van der Waals surface area contributed by atoms with Crippen LogP contribution < -0.4 is 16.4 Å². The summed E-state index contributed by atoms with van der Waals surface area (Å²) in [6.07, 6.45) is -0.575. The fraction of sp³-hybridized carbons (Fsp3) is 0.280. The van der Waals surface area contributed by atoms with Crippen molar-refractivity contribution in [1.29, 1.82) is 0 Å². The molecule has 0 unspecified atom stereocenters. The van der Waals surface area contributed by atoms with Gasteiger partial charge in [-0.15, -0.1) is 11.3 Å². The van der Waals surface area contributed by atoms with E-state index < -0.39 is 11.7 Å². The zero-order valence-corrected chi connectivity index (χ0v) is 19.2. The highest BCUT2D eigenvalue weighted by atomic mass is 32.1. The monoisotopic (exact) mass is 486 g/mol. The summed E-state index contributed by atoms with van der Waals surface area (Å²) in [5.41, 5.74) is 9.60. The Labute approximate surface area is 199 Å². The number of anilines is 3. The van der Waals surface area contributed by atoms with Crippen molar-refractivity contribution in [3.8, 4) is 0 Å². The Morgan fingerprint density at radius 1 is 1.00 bits per heavy atom. The second-order valence-electron chi connectivity index (χ2n) is 8.12. The molecule has 0 saturated carbocycles. The smallest absolute Gasteiger partial charge is 0.385 e. The van der Waals surface area contributed by atoms with Crippen LogP contribution in [0.3, 0.4) is 0 Å². The molecule has 3 aromatic rings. The van der Waals surface area contributed by atoms with E-state index in [-0.39, 0.29) is 5.91 Å². The zero-order valence-electron chi connectivity index (χ0n) is 18.4. The summed E-state index contributed by atoms with van der Waals surface area (Å²) in [5.74, 6) is -0.212. The molecule has 1 aliphatic carbocycles. The molecule has 4 N–H and O–H groups in total. The number of aromatic nitrogens is 1. The fourth-order valence-corrected chi connectivity index (χ4v) is 4.58. The number of nitrogens with two attached hydrogens (primary N) is 1. The maximum Gasteiger partial charge on any atom is 0.416 e. The molecule has 0 fully saturated rings. The van der Waals surface area contributed by atoms with Crippen LogP contribution in [-0.2, 0) is 17.4 Å². The number of nitrogens with zero attached hydrogens (tertiary/aromatic N) is 1. The van der Waals surface area contributed by atoms with Crippen LogP contribution in [0.5, 0.6) is 0 Å². The summed E-state index contributed by atoms with van der Waals surface area (Å²) in [6, 6.07) is 12.5. The summed E-state index contributed by atoms with van der Waals surface area (Å²) < 4.78 is 38.7. The first kappa shape index (κ1) is 23.8. The number of hydrogen-bond donors (Lipinski definition) is 3. The lowest BCUT2D eigenvalue weighted by Crippen LogP contribution is -2.18. The third kappa shape index (κ3) is 5.96. The molecule has 1 amide bonds. The molecule has 0 spiro atoms. The number of halogens is 3. The number of carbonyl (C=O) groups is 1. The number of amides is 1. The number of rotatable bonds is 7. The van der Waals surface area contributed by atoms with E-state index >= 15 is 0 Å². The minimum atomic E-state index is -4.38. The van der Waals surface area contributed by atoms with Crippen LogP contribution in [0.4, 0.5) is 29.7 Å². The van der Waals surface area contributed by atoms with Crippen molar-refractivity contribution in [2.45, 2.75) is 38.3 Å². The van der Waals surface area contributed by atoms with Crippen molar-refractivity contribution >= 4 is 39.3 Å². The van der Waals surface area contributed by atoms with E-state index in [1.165, 1.54) is 23.5 Å². The Hall–Kier alpha value is -3.33. The van der Waals surface area contributed by atoms with Gasteiger partial charge in [0.1, 0.15) is 0 Å². The predicted octanol–water partition coefficient (Wildman–Crippen LogP) is 6.37. The molecule has 178 valence electrons. The predicted molar refractivity (Wildman–Crippen MR) is 131 cm³/mol. The molecular formula is C25H25F3N4OS. The first-order chi connectivity index (χ1) is 16.3. The largest absolute Gasteiger partial charge is 0.416 e. The Kier molecular flexibility index (Phi) is 7.21. The topological polar surface area (TPSA) is 80.0 Å². The van der Waals surface area contributed by atoms with Crippen LogP contribution in [0.15, 0.2) is 59.5 Å². The average molecular weight is 487 g/mol. The van der Waals surface area contributed by atoms with Crippen molar-refractivity contribution in [2.24, 2.45) is 0 Å². The molecule has 0 bridgehead atoms. The molecular weight excluding hydrogens is 461 g/mol. The van der Waals surface area contributed by atoms with Gasteiger partial charge in [-0.25, -0.2) is 4.98 Å². The van der Waals surface area contributed by atoms with Gasteiger partial charge >= 0.3 is 6.18 Å². The van der Waals surface area contributed by atoms with E-state index in [9.17, 15) is 18.0 Å². The molecule has 9 heteroatoms. The van der Waals surface area contributed by atoms with E-state index in [0.717, 1.165) is 48.3 Å². The summed E-state index contributed by atoms with van der Waals surface area (Å²) in [6.45, 7) is 0.707. The van der Waals surface area contributed by atoms with Gasteiger partial charge in [-0.3, -0.25) is 4.79 Å². The minimum Gasteiger partial charge on any atom is -0.385 e. The van der Waals surface area contributed by atoms with Gasteiger partial charge in [0.15, 0.2) is 5.13 Å². The second-order valence-corrected chi connectivity index (χ2v) is 9.01. The Morgan fingerprint density at radius 2 is 1.68 bits per heavy atom. The maximum atomic E-state index is 13.0. The van der Waals surface area contributed by atoms with Crippen LogP contribution in [0.25, 0.3) is 5.57 Å². The van der Waals surface area contributed by atoms with E-state index in [1.54, 1.807) is 0 Å². The van der Waals surface area contributed by atoms with Crippen molar-refractivity contribution in [1.82, 2.24) is 4.98 Å². The summed E-state index contributed by atoms with van der Waals surface area (Å²) in [5, 5.41) is 8.74. The van der Waals surface area contributed by atoms with Gasteiger partial charge in [0.25, 0.3) is 5.91 Å². The van der Waals surface area contributed by atoms with Gasteiger partial charge in [0.2, 0.25) is 0 Å². The van der Waals surface area contributed by atoms with Crippen LogP contribution in [0.2, 0.25) is 0 Å². The lowest BCUT2D eigenvalue weighted by molar-refractivity contribution is -0.137. The van der Waals surface area contributed by atoms with Crippen molar-refractivity contribution in [3.63, 3.8) is 0 Å². The second kappa shape index (κ2) is 10.3. The molecule has 1 aliphatic rings. The lowest BCUT2D eigenvalue weighted by atomic mass is 9.86. The maximum absolute atomic E-state index is 13.0. The molecule has 0 radical (unpaired) electrons. The summed E-state index contributed by atoms with van der Waals surface area (Å²) in [7, 11) is 0. The highest BCUT2D eigenvalue weighted by molar-refractivity contribution is 7.13. The zero-order chi connectivity index (χ0) is 24.1. The van der Waals surface area contributed by atoms with Crippen LogP contribution in [0.1, 0.15) is 42.5 Å². The first-order valence-corrected chi connectivity index (χ1v) is 11.9. The first-order valence-electron chi connectivity index (χ1n) is 11.0. The van der Waals surface area contributed by atoms with Crippen molar-refractivity contribution in [3.05, 3.63) is 76.3 Å². The Morgan fingerprint density at radius 3 is 2.32 bits per heavy atom. The summed E-state index contributed by atoms with van der Waals surface area (Å²) in [4.78, 5) is 17.2. The minimum absolute atomic E-state index is 0.212. The van der Waals surface area contributed by atoms with Gasteiger partial charge in [-0.1, -0.05) is 12.1 Å². The Balaban J connectivity index is 1.40. The number of benzene rings is 2. The van der Waals surface area contributed by atoms with E-state index in [4.69, 9.17) is 5.73 Å². The number of nitrogens with one attached hydrogen (secondary N) is 2. The third-order valence-electron chi connectivity index (χ3n) is 5.73. The standard InChI is InChI=1S/C25H25F3N4OS/c26-25(27,28)17-7-5-16(6-8-17)21-3-1-2-4-22(21)23(33)31-19-11-9-18(10-12-19)30-14-13-20-15-34-24(29)32-20/h5-12,15,30H,1-4,13-14H2,(H2,29,32)(H,31,33). The number of hydrogen-bond acceptors (Lipinski definition) is 5. The Bertz CT molecular complexity index is 1170. The van der Waals surface area contributed by atoms with Crippen molar-refractivity contribution < 1.29 is 18.0 Å². The van der Waals surface area contributed by atoms with E-state index in [2.05, 4.69) is 15.6 Å². The number of thiazole rings is 1. The van der Waals surface area contributed by atoms with Crippen molar-refractivity contribution in [2.75, 3.05) is 22.9 Å². The van der Waals surface area contributed by atoms with Gasteiger partial charge in [-0.2, -0.15) is 13.2 Å². The van der Waals surface area contributed by atoms with Gasteiger partial charge < -0.3 is 16.4 Å². The molecule has 0 aliphatic heterocycles. The molecule has 34 heavy (non-hydrogen) atoms. The van der Waals surface area contributed by atoms with E-state index in [0.29, 0.717) is 41.3 Å². The molecule has 1 heterocycles. The fourth-order valence-electron chi connectivity index (χ4n) is 3.99.